The number of allylic oxidation sites excluding steroid dienone is 1. The highest BCUT2D eigenvalue weighted by Crippen LogP contribution is 2.44. The topological polar surface area (TPSA) is 12.5 Å². The Balaban J connectivity index is 0.000000829. The summed E-state index contributed by atoms with van der Waals surface area (Å²) in [5.41, 5.74) is 3.26. The van der Waals surface area contributed by atoms with Crippen LogP contribution in [0, 0.1) is 0 Å². The molecule has 0 aromatic heterocycles. The minimum Gasteiger partial charge on any atom is -0.382 e. The normalized spacial score (nSPS) is 28.8. The lowest BCUT2D eigenvalue weighted by molar-refractivity contribution is 0.0684. The van der Waals surface area contributed by atoms with Gasteiger partial charge in [0.15, 0.2) is 0 Å². The van der Waals surface area contributed by atoms with E-state index in [1.807, 2.05) is 27.7 Å². The Morgan fingerprint density at radius 1 is 1.30 bits per heavy atom. The standard InChI is InChI=1S/C13H22BNO.2C2H6/c1-13(9-16-3)8-10-7-11(14)5-4-6-12(10)15(13)2;2*1-2/h11H,4-9H2,1-3H3;2*1-2H3. The minimum absolute atomic E-state index is 0.149. The fourth-order valence-corrected chi connectivity index (χ4v) is 3.19. The zero-order valence-electron chi connectivity index (χ0n) is 14.8. The lowest BCUT2D eigenvalue weighted by atomic mass is 9.78. The molecular weight excluding hydrogens is 245 g/mol. The quantitative estimate of drug-likeness (QED) is 0.687. The van der Waals surface area contributed by atoms with E-state index < -0.39 is 0 Å². The van der Waals surface area contributed by atoms with E-state index in [-0.39, 0.29) is 5.54 Å². The van der Waals surface area contributed by atoms with Gasteiger partial charge in [-0.15, -0.1) is 0 Å². The molecule has 0 amide bonds. The van der Waals surface area contributed by atoms with Crippen molar-refractivity contribution in [3.63, 3.8) is 0 Å². The van der Waals surface area contributed by atoms with Crippen LogP contribution in [0.2, 0.25) is 5.82 Å². The molecule has 2 radical (unpaired) electrons. The van der Waals surface area contributed by atoms with Crippen molar-refractivity contribution in [3.8, 4) is 0 Å². The van der Waals surface area contributed by atoms with E-state index >= 15 is 0 Å². The van der Waals surface area contributed by atoms with Gasteiger partial charge in [-0.05, 0) is 38.2 Å². The summed E-state index contributed by atoms with van der Waals surface area (Å²) in [5, 5.41) is 0. The summed E-state index contributed by atoms with van der Waals surface area (Å²) in [6.45, 7) is 11.1. The number of likely N-dealkylation sites (N-methyl/N-ethyl adjacent to an activating group) is 1. The van der Waals surface area contributed by atoms with Gasteiger partial charge in [0.05, 0.1) is 20.0 Å². The molecule has 2 unspecified atom stereocenters. The second-order valence-corrected chi connectivity index (χ2v) is 5.57. The maximum atomic E-state index is 6.11. The van der Waals surface area contributed by atoms with Crippen molar-refractivity contribution in [3.05, 3.63) is 11.3 Å². The van der Waals surface area contributed by atoms with Gasteiger partial charge in [-0.1, -0.05) is 39.9 Å². The molecule has 0 saturated heterocycles. The van der Waals surface area contributed by atoms with Crippen LogP contribution < -0.4 is 0 Å². The first kappa shape index (κ1) is 19.6. The smallest absolute Gasteiger partial charge is 0.0703 e. The number of nitrogens with zero attached hydrogens (tertiary/aromatic N) is 1. The Bertz CT molecular complexity index is 303. The van der Waals surface area contributed by atoms with Crippen LogP contribution in [0.5, 0.6) is 0 Å². The van der Waals surface area contributed by atoms with Gasteiger partial charge < -0.3 is 9.64 Å². The molecule has 0 fully saturated rings. The average Bonchev–Trinajstić information content (AvgIpc) is 2.59. The SMILES string of the molecule is CC.CC.[B]C1CCCC2=C(C1)CC(C)(COC)N2C. The molecule has 2 nitrogen and oxygen atoms in total. The molecule has 0 aromatic carbocycles. The number of methoxy groups -OCH3 is 1. The maximum absolute atomic E-state index is 6.11. The van der Waals surface area contributed by atoms with Crippen LogP contribution in [0.25, 0.3) is 0 Å². The van der Waals surface area contributed by atoms with Crippen molar-refractivity contribution in [1.29, 1.82) is 0 Å². The van der Waals surface area contributed by atoms with Crippen LogP contribution in [-0.4, -0.2) is 39.0 Å². The molecular formula is C17H34BNO. The molecule has 20 heavy (non-hydrogen) atoms. The van der Waals surface area contributed by atoms with E-state index in [4.69, 9.17) is 12.6 Å². The Labute approximate surface area is 128 Å². The summed E-state index contributed by atoms with van der Waals surface area (Å²) in [7, 11) is 10.1. The van der Waals surface area contributed by atoms with Crippen molar-refractivity contribution in [2.45, 2.75) is 78.1 Å². The summed E-state index contributed by atoms with van der Waals surface area (Å²) in [6.07, 6.45) is 5.80. The first-order valence-corrected chi connectivity index (χ1v) is 8.26. The monoisotopic (exact) mass is 279 g/mol. The molecule has 1 aliphatic carbocycles. The molecule has 2 rings (SSSR count). The van der Waals surface area contributed by atoms with E-state index in [9.17, 15) is 0 Å². The molecule has 2 atom stereocenters. The largest absolute Gasteiger partial charge is 0.382 e. The van der Waals surface area contributed by atoms with Crippen LogP contribution in [0.3, 0.4) is 0 Å². The summed E-state index contributed by atoms with van der Waals surface area (Å²) < 4.78 is 5.36. The molecule has 1 aliphatic heterocycles. The van der Waals surface area contributed by atoms with Crippen molar-refractivity contribution in [1.82, 2.24) is 4.90 Å². The third-order valence-corrected chi connectivity index (χ3v) is 4.17. The summed E-state index contributed by atoms with van der Waals surface area (Å²) in [6, 6.07) is 0. The summed E-state index contributed by atoms with van der Waals surface area (Å²) in [4.78, 5) is 2.43. The molecule has 3 heteroatoms. The maximum Gasteiger partial charge on any atom is 0.0703 e. The minimum atomic E-state index is 0.149. The predicted molar refractivity (Wildman–Crippen MR) is 90.4 cm³/mol. The van der Waals surface area contributed by atoms with Crippen molar-refractivity contribution in [2.75, 3.05) is 20.8 Å². The Hall–Kier alpha value is -0.435. The van der Waals surface area contributed by atoms with E-state index in [1.165, 1.54) is 25.0 Å². The van der Waals surface area contributed by atoms with Crippen molar-refractivity contribution in [2.24, 2.45) is 0 Å². The van der Waals surface area contributed by atoms with E-state index in [0.29, 0.717) is 5.82 Å². The zero-order chi connectivity index (χ0) is 15.8. The van der Waals surface area contributed by atoms with E-state index in [1.54, 1.807) is 12.7 Å². The lowest BCUT2D eigenvalue weighted by Crippen LogP contribution is -2.43. The third-order valence-electron chi connectivity index (χ3n) is 4.17. The molecule has 0 saturated carbocycles. The molecule has 0 N–H and O–H groups in total. The van der Waals surface area contributed by atoms with Crippen LogP contribution in [0.4, 0.5) is 0 Å². The van der Waals surface area contributed by atoms with E-state index in [2.05, 4.69) is 18.9 Å². The fraction of sp³-hybridized carbons (Fsp3) is 0.882. The van der Waals surface area contributed by atoms with Gasteiger partial charge in [0, 0.05) is 19.9 Å². The lowest BCUT2D eigenvalue weighted by Gasteiger charge is -2.35. The van der Waals surface area contributed by atoms with Gasteiger partial charge in [0.1, 0.15) is 0 Å². The van der Waals surface area contributed by atoms with Gasteiger partial charge >= 0.3 is 0 Å². The number of hydrogen-bond donors (Lipinski definition) is 0. The van der Waals surface area contributed by atoms with Gasteiger partial charge in [0.25, 0.3) is 0 Å². The Morgan fingerprint density at radius 3 is 2.45 bits per heavy atom. The molecule has 116 valence electrons. The highest BCUT2D eigenvalue weighted by atomic mass is 16.5. The Morgan fingerprint density at radius 2 is 1.90 bits per heavy atom. The molecule has 1 heterocycles. The van der Waals surface area contributed by atoms with Crippen molar-refractivity contribution >= 4 is 7.85 Å². The second kappa shape index (κ2) is 9.49. The first-order valence-electron chi connectivity index (χ1n) is 8.26. The molecule has 0 spiro atoms. The molecule has 0 bridgehead atoms. The molecule has 0 aromatic rings. The zero-order valence-corrected chi connectivity index (χ0v) is 14.8. The highest BCUT2D eigenvalue weighted by Gasteiger charge is 2.39. The molecule has 2 aliphatic rings. The van der Waals surface area contributed by atoms with Crippen LogP contribution in [-0.2, 0) is 4.74 Å². The average molecular weight is 279 g/mol. The number of ether oxygens (including phenoxy) is 1. The predicted octanol–water partition coefficient (Wildman–Crippen LogP) is 4.56. The van der Waals surface area contributed by atoms with Gasteiger partial charge in [0.2, 0.25) is 0 Å². The first-order chi connectivity index (χ1) is 9.57. The number of rotatable bonds is 2. The van der Waals surface area contributed by atoms with Gasteiger partial charge in [-0.3, -0.25) is 0 Å². The van der Waals surface area contributed by atoms with E-state index in [0.717, 1.165) is 19.4 Å². The fourth-order valence-electron chi connectivity index (χ4n) is 3.19. The van der Waals surface area contributed by atoms with Gasteiger partial charge in [-0.2, -0.15) is 0 Å². The van der Waals surface area contributed by atoms with Gasteiger partial charge in [-0.25, -0.2) is 0 Å². The van der Waals surface area contributed by atoms with Crippen molar-refractivity contribution < 1.29 is 4.74 Å². The second-order valence-electron chi connectivity index (χ2n) is 5.57. The number of hydrogen-bond acceptors (Lipinski definition) is 2. The van der Waals surface area contributed by atoms with Crippen LogP contribution in [0.1, 0.15) is 66.7 Å². The van der Waals surface area contributed by atoms with Crippen LogP contribution in [0.15, 0.2) is 11.3 Å². The summed E-state index contributed by atoms with van der Waals surface area (Å²) >= 11 is 0. The summed E-state index contributed by atoms with van der Waals surface area (Å²) in [5.74, 6) is 0.366. The highest BCUT2D eigenvalue weighted by molar-refractivity contribution is 6.11. The third kappa shape index (κ3) is 4.54. The Kier molecular flexibility index (Phi) is 9.29. The van der Waals surface area contributed by atoms with Crippen LogP contribution >= 0.6 is 0 Å².